The first-order valence-corrected chi connectivity index (χ1v) is 10.7. The minimum atomic E-state index is 0.0113. The molecular weight excluding hydrogens is 402 g/mol. The van der Waals surface area contributed by atoms with Crippen LogP contribution >= 0.6 is 11.6 Å². The number of amides is 1. The summed E-state index contributed by atoms with van der Waals surface area (Å²) < 4.78 is 1.85. The average molecular weight is 426 g/mol. The number of likely N-dealkylation sites (tertiary alicyclic amines) is 2. The van der Waals surface area contributed by atoms with Crippen molar-refractivity contribution in [1.82, 2.24) is 29.3 Å². The van der Waals surface area contributed by atoms with Gasteiger partial charge in [0.15, 0.2) is 0 Å². The SMILES string of the molecule is CN1CCCC(c2c(C(=O)N3CCC3)c(Cl)cc3c2ncn3-c2cc(N)ncn2)C1. The first-order chi connectivity index (χ1) is 14.5. The van der Waals surface area contributed by atoms with E-state index in [0.717, 1.165) is 62.0 Å². The molecule has 0 aliphatic carbocycles. The summed E-state index contributed by atoms with van der Waals surface area (Å²) in [6, 6.07) is 3.52. The Morgan fingerprint density at radius 3 is 2.70 bits per heavy atom. The minimum absolute atomic E-state index is 0.0113. The van der Waals surface area contributed by atoms with Crippen LogP contribution in [0.25, 0.3) is 16.9 Å². The monoisotopic (exact) mass is 425 g/mol. The number of carbonyl (C=O) groups is 1. The molecule has 1 amide bonds. The van der Waals surface area contributed by atoms with Crippen LogP contribution in [0.1, 0.15) is 41.1 Å². The van der Waals surface area contributed by atoms with Gasteiger partial charge in [-0.2, -0.15) is 0 Å². The lowest BCUT2D eigenvalue weighted by Gasteiger charge is -2.35. The van der Waals surface area contributed by atoms with Gasteiger partial charge in [-0.1, -0.05) is 11.6 Å². The predicted molar refractivity (Wildman–Crippen MR) is 116 cm³/mol. The third-order valence-electron chi connectivity index (χ3n) is 6.14. The van der Waals surface area contributed by atoms with Crippen molar-refractivity contribution < 1.29 is 4.79 Å². The number of hydrogen-bond acceptors (Lipinski definition) is 6. The van der Waals surface area contributed by atoms with E-state index in [4.69, 9.17) is 22.3 Å². The van der Waals surface area contributed by atoms with Crippen molar-refractivity contribution in [1.29, 1.82) is 0 Å². The molecule has 0 saturated carbocycles. The fourth-order valence-corrected chi connectivity index (χ4v) is 4.80. The third-order valence-corrected chi connectivity index (χ3v) is 6.44. The van der Waals surface area contributed by atoms with Gasteiger partial charge in [-0.05, 0) is 50.4 Å². The van der Waals surface area contributed by atoms with Crippen molar-refractivity contribution >= 4 is 34.4 Å². The second-order valence-electron chi connectivity index (χ2n) is 8.18. The number of fused-ring (bicyclic) bond motifs is 1. The van der Waals surface area contributed by atoms with E-state index < -0.39 is 0 Å². The quantitative estimate of drug-likeness (QED) is 0.693. The molecule has 2 fully saturated rings. The number of nitrogens with two attached hydrogens (primary N) is 1. The molecular formula is C21H24ClN7O. The normalized spacial score (nSPS) is 19.8. The van der Waals surface area contributed by atoms with E-state index in [1.165, 1.54) is 6.33 Å². The van der Waals surface area contributed by atoms with E-state index in [9.17, 15) is 4.79 Å². The maximum absolute atomic E-state index is 13.3. The summed E-state index contributed by atoms with van der Waals surface area (Å²) in [6.45, 7) is 3.50. The molecule has 3 aromatic rings. The summed E-state index contributed by atoms with van der Waals surface area (Å²) in [5.41, 5.74) is 9.05. The van der Waals surface area contributed by atoms with E-state index in [0.29, 0.717) is 22.2 Å². The zero-order chi connectivity index (χ0) is 20.8. The molecule has 1 atom stereocenters. The van der Waals surface area contributed by atoms with E-state index in [-0.39, 0.29) is 11.8 Å². The van der Waals surface area contributed by atoms with Crippen LogP contribution in [0.3, 0.4) is 0 Å². The standard InChI is InChI=1S/C21H24ClN7O/c1-27-5-2-4-13(10-27)18-19(21(30)28-6-3-7-28)14(22)8-15-20(18)26-12-29(15)17-9-16(23)24-11-25-17/h8-9,11-13H,2-7,10H2,1H3,(H2,23,24,25). The third kappa shape index (κ3) is 3.20. The number of benzene rings is 1. The Labute approximate surface area is 179 Å². The fourth-order valence-electron chi connectivity index (χ4n) is 4.51. The summed E-state index contributed by atoms with van der Waals surface area (Å²) in [5.74, 6) is 1.21. The van der Waals surface area contributed by atoms with Gasteiger partial charge >= 0.3 is 0 Å². The van der Waals surface area contributed by atoms with Gasteiger partial charge < -0.3 is 15.5 Å². The molecule has 4 heterocycles. The van der Waals surface area contributed by atoms with Crippen LogP contribution < -0.4 is 5.73 Å². The number of rotatable bonds is 3. The Morgan fingerprint density at radius 1 is 1.17 bits per heavy atom. The molecule has 0 spiro atoms. The highest BCUT2D eigenvalue weighted by Gasteiger charge is 2.33. The highest BCUT2D eigenvalue weighted by molar-refractivity contribution is 6.35. The number of hydrogen-bond donors (Lipinski definition) is 1. The molecule has 1 unspecified atom stereocenters. The summed E-state index contributed by atoms with van der Waals surface area (Å²) in [7, 11) is 2.12. The number of anilines is 1. The van der Waals surface area contributed by atoms with Crippen molar-refractivity contribution in [3.8, 4) is 5.82 Å². The lowest BCUT2D eigenvalue weighted by atomic mass is 9.86. The number of halogens is 1. The molecule has 2 aliphatic heterocycles. The maximum Gasteiger partial charge on any atom is 0.255 e. The number of nitrogen functional groups attached to an aromatic ring is 1. The Balaban J connectivity index is 1.72. The number of imidazole rings is 1. The van der Waals surface area contributed by atoms with Crippen LogP contribution in [0.4, 0.5) is 5.82 Å². The highest BCUT2D eigenvalue weighted by atomic mass is 35.5. The predicted octanol–water partition coefficient (Wildman–Crippen LogP) is 2.71. The van der Waals surface area contributed by atoms with Crippen LogP contribution in [0, 0.1) is 0 Å². The topological polar surface area (TPSA) is 93.2 Å². The lowest BCUT2D eigenvalue weighted by Crippen LogP contribution is -2.43. The molecule has 2 N–H and O–H groups in total. The molecule has 156 valence electrons. The van der Waals surface area contributed by atoms with Crippen molar-refractivity contribution in [3.63, 3.8) is 0 Å². The lowest BCUT2D eigenvalue weighted by molar-refractivity contribution is 0.0649. The molecule has 0 bridgehead atoms. The summed E-state index contributed by atoms with van der Waals surface area (Å²) in [5, 5.41) is 0.464. The highest BCUT2D eigenvalue weighted by Crippen LogP contribution is 2.39. The van der Waals surface area contributed by atoms with Crippen molar-refractivity contribution in [2.24, 2.45) is 0 Å². The second kappa shape index (κ2) is 7.52. The summed E-state index contributed by atoms with van der Waals surface area (Å²) in [4.78, 5) is 30.5. The molecule has 5 rings (SSSR count). The number of aromatic nitrogens is 4. The van der Waals surface area contributed by atoms with Gasteiger partial charge in [0.1, 0.15) is 24.3 Å². The Bertz CT molecular complexity index is 1120. The number of piperidine rings is 1. The van der Waals surface area contributed by atoms with E-state index in [2.05, 4.69) is 21.9 Å². The van der Waals surface area contributed by atoms with E-state index in [1.54, 1.807) is 12.4 Å². The van der Waals surface area contributed by atoms with Gasteiger partial charge in [-0.25, -0.2) is 15.0 Å². The van der Waals surface area contributed by atoms with Crippen molar-refractivity contribution in [2.75, 3.05) is 39.0 Å². The Hall–Kier alpha value is -2.71. The molecule has 1 aromatic carbocycles. The summed E-state index contributed by atoms with van der Waals surface area (Å²) >= 11 is 6.77. The van der Waals surface area contributed by atoms with Crippen molar-refractivity contribution in [2.45, 2.75) is 25.2 Å². The van der Waals surface area contributed by atoms with Gasteiger partial charge in [0.25, 0.3) is 5.91 Å². The Morgan fingerprint density at radius 2 is 2.00 bits per heavy atom. The van der Waals surface area contributed by atoms with Gasteiger partial charge in [0.05, 0.1) is 21.6 Å². The van der Waals surface area contributed by atoms with Crippen LogP contribution in [0.2, 0.25) is 5.02 Å². The number of likely N-dealkylation sites (N-methyl/N-ethyl adjacent to an activating group) is 1. The van der Waals surface area contributed by atoms with E-state index >= 15 is 0 Å². The molecule has 2 saturated heterocycles. The second-order valence-corrected chi connectivity index (χ2v) is 8.58. The molecule has 2 aliphatic rings. The average Bonchev–Trinajstić information content (AvgIpc) is 3.08. The molecule has 30 heavy (non-hydrogen) atoms. The molecule has 9 heteroatoms. The van der Waals surface area contributed by atoms with Crippen LogP contribution in [0.15, 0.2) is 24.8 Å². The van der Waals surface area contributed by atoms with Gasteiger partial charge in [-0.3, -0.25) is 9.36 Å². The molecule has 8 nitrogen and oxygen atoms in total. The smallest absolute Gasteiger partial charge is 0.255 e. The largest absolute Gasteiger partial charge is 0.384 e. The molecule has 0 radical (unpaired) electrons. The van der Waals surface area contributed by atoms with Crippen LogP contribution in [-0.4, -0.2) is 68.5 Å². The zero-order valence-corrected chi connectivity index (χ0v) is 17.6. The van der Waals surface area contributed by atoms with Gasteiger partial charge in [0, 0.05) is 25.7 Å². The zero-order valence-electron chi connectivity index (χ0n) is 16.9. The fraction of sp³-hybridized carbons (Fsp3) is 0.429. The minimum Gasteiger partial charge on any atom is -0.384 e. The number of carbonyl (C=O) groups excluding carboxylic acids is 1. The first kappa shape index (κ1) is 19.3. The van der Waals surface area contributed by atoms with Crippen LogP contribution in [0.5, 0.6) is 0 Å². The Kier molecular flexibility index (Phi) is 4.83. The number of nitrogens with zero attached hydrogens (tertiary/aromatic N) is 6. The van der Waals surface area contributed by atoms with E-state index in [1.807, 2.05) is 15.5 Å². The summed E-state index contributed by atoms with van der Waals surface area (Å²) in [6.07, 6.45) is 6.27. The molecule has 2 aromatic heterocycles. The van der Waals surface area contributed by atoms with Gasteiger partial charge in [0.2, 0.25) is 0 Å². The van der Waals surface area contributed by atoms with Gasteiger partial charge in [-0.15, -0.1) is 0 Å². The van der Waals surface area contributed by atoms with Crippen LogP contribution in [-0.2, 0) is 0 Å². The maximum atomic E-state index is 13.3. The first-order valence-electron chi connectivity index (χ1n) is 10.3. The van der Waals surface area contributed by atoms with Crippen molar-refractivity contribution in [3.05, 3.63) is 40.9 Å².